The van der Waals surface area contributed by atoms with Gasteiger partial charge in [0.25, 0.3) is 0 Å². The summed E-state index contributed by atoms with van der Waals surface area (Å²) in [7, 11) is 0. The Balaban J connectivity index is 3.82. The molecule has 0 rings (SSSR count). The first kappa shape index (κ1) is 15.4. The molecule has 0 aliphatic carbocycles. The number of nitrogens with one attached hydrogen (secondary N) is 1. The first-order valence-electron chi connectivity index (χ1n) is 6.47. The monoisotopic (exact) mass is 229 g/mol. The Hall–Kier alpha value is -0.570. The van der Waals surface area contributed by atoms with Crippen LogP contribution in [0.5, 0.6) is 0 Å². The molecule has 0 saturated heterocycles. The van der Waals surface area contributed by atoms with Crippen molar-refractivity contribution in [3.63, 3.8) is 0 Å². The average Bonchev–Trinajstić information content (AvgIpc) is 2.20. The van der Waals surface area contributed by atoms with Gasteiger partial charge in [-0.3, -0.25) is 4.79 Å². The molecule has 2 unspecified atom stereocenters. The Morgan fingerprint density at radius 1 is 1.19 bits per heavy atom. The molecular weight excluding hydrogens is 202 g/mol. The fourth-order valence-corrected chi connectivity index (χ4v) is 1.82. The van der Waals surface area contributed by atoms with E-state index in [4.69, 9.17) is 5.11 Å². The zero-order valence-electron chi connectivity index (χ0n) is 11.1. The second-order valence-electron chi connectivity index (χ2n) is 4.98. The molecule has 16 heavy (non-hydrogen) atoms. The van der Waals surface area contributed by atoms with E-state index in [1.165, 1.54) is 25.7 Å². The molecule has 96 valence electrons. The highest BCUT2D eigenvalue weighted by atomic mass is 16.4. The smallest absolute Gasteiger partial charge is 0.320 e. The van der Waals surface area contributed by atoms with E-state index < -0.39 is 12.0 Å². The van der Waals surface area contributed by atoms with Crippen molar-refractivity contribution in [1.82, 2.24) is 5.32 Å². The summed E-state index contributed by atoms with van der Waals surface area (Å²) in [5.41, 5.74) is 0. The summed E-state index contributed by atoms with van der Waals surface area (Å²) in [6.45, 7) is 8.15. The number of carboxylic acid groups (broad SMARTS) is 1. The molecule has 0 aromatic carbocycles. The molecule has 3 heteroatoms. The van der Waals surface area contributed by atoms with E-state index in [2.05, 4.69) is 19.2 Å². The Morgan fingerprint density at radius 3 is 2.25 bits per heavy atom. The fourth-order valence-electron chi connectivity index (χ4n) is 1.82. The molecule has 0 saturated carbocycles. The third-order valence-electron chi connectivity index (χ3n) is 2.89. The summed E-state index contributed by atoms with van der Waals surface area (Å²) in [5.74, 6) is -0.606. The van der Waals surface area contributed by atoms with Gasteiger partial charge in [-0.25, -0.2) is 0 Å². The maximum Gasteiger partial charge on any atom is 0.320 e. The molecule has 0 aromatic heterocycles. The number of aliphatic carboxylic acids is 1. The largest absolute Gasteiger partial charge is 0.480 e. The van der Waals surface area contributed by atoms with Crippen LogP contribution in [0.4, 0.5) is 0 Å². The van der Waals surface area contributed by atoms with Crippen LogP contribution in [-0.2, 0) is 4.79 Å². The number of hydrogen-bond acceptors (Lipinski definition) is 2. The highest BCUT2D eigenvalue weighted by Crippen LogP contribution is 2.08. The number of unbranched alkanes of at least 4 members (excludes halogenated alkanes) is 3. The summed E-state index contributed by atoms with van der Waals surface area (Å²) < 4.78 is 0. The predicted molar refractivity (Wildman–Crippen MR) is 67.6 cm³/mol. The molecule has 0 bridgehead atoms. The minimum atomic E-state index is -0.740. The molecule has 0 aliphatic heterocycles. The normalized spacial score (nSPS) is 15.1. The third-order valence-corrected chi connectivity index (χ3v) is 2.89. The van der Waals surface area contributed by atoms with Crippen molar-refractivity contribution in [1.29, 1.82) is 0 Å². The highest BCUT2D eigenvalue weighted by molar-refractivity contribution is 5.73. The second-order valence-corrected chi connectivity index (χ2v) is 4.98. The summed E-state index contributed by atoms with van der Waals surface area (Å²) in [6, 6.07) is -0.124. The SMILES string of the molecule is CCCCCCC(C)NC(C(=O)O)C(C)C. The Kier molecular flexibility index (Phi) is 8.26. The van der Waals surface area contributed by atoms with Crippen LogP contribution in [0.25, 0.3) is 0 Å². The Bertz CT molecular complexity index is 192. The first-order valence-corrected chi connectivity index (χ1v) is 6.47. The molecule has 0 aromatic rings. The second kappa shape index (κ2) is 8.57. The molecule has 0 spiro atoms. The lowest BCUT2D eigenvalue weighted by atomic mass is 10.0. The molecular formula is C13H27NO2. The fraction of sp³-hybridized carbons (Fsp3) is 0.923. The van der Waals surface area contributed by atoms with Gasteiger partial charge in [-0.15, -0.1) is 0 Å². The van der Waals surface area contributed by atoms with Crippen LogP contribution in [-0.4, -0.2) is 23.2 Å². The molecule has 2 atom stereocenters. The van der Waals surface area contributed by atoms with Crippen LogP contribution in [0, 0.1) is 5.92 Å². The highest BCUT2D eigenvalue weighted by Gasteiger charge is 2.22. The maximum atomic E-state index is 11.0. The lowest BCUT2D eigenvalue weighted by molar-refractivity contribution is -0.140. The molecule has 0 heterocycles. The van der Waals surface area contributed by atoms with E-state index in [9.17, 15) is 4.79 Å². The van der Waals surface area contributed by atoms with Crippen molar-refractivity contribution in [2.75, 3.05) is 0 Å². The van der Waals surface area contributed by atoms with Crippen molar-refractivity contribution in [2.45, 2.75) is 71.9 Å². The quantitative estimate of drug-likeness (QED) is 0.597. The van der Waals surface area contributed by atoms with Crippen LogP contribution >= 0.6 is 0 Å². The van der Waals surface area contributed by atoms with Gasteiger partial charge < -0.3 is 10.4 Å². The summed E-state index contributed by atoms with van der Waals surface area (Å²) in [6.07, 6.45) is 6.02. The van der Waals surface area contributed by atoms with Crippen LogP contribution in [0.2, 0.25) is 0 Å². The minimum absolute atomic E-state index is 0.135. The van der Waals surface area contributed by atoms with Gasteiger partial charge in [-0.05, 0) is 19.3 Å². The lowest BCUT2D eigenvalue weighted by Crippen LogP contribution is -2.45. The molecule has 3 nitrogen and oxygen atoms in total. The van der Waals surface area contributed by atoms with E-state index in [-0.39, 0.29) is 5.92 Å². The van der Waals surface area contributed by atoms with Crippen LogP contribution in [0.15, 0.2) is 0 Å². The van der Waals surface area contributed by atoms with Crippen molar-refractivity contribution in [3.8, 4) is 0 Å². The zero-order valence-corrected chi connectivity index (χ0v) is 11.1. The van der Waals surface area contributed by atoms with Crippen molar-refractivity contribution >= 4 is 5.97 Å². The first-order chi connectivity index (χ1) is 7.49. The van der Waals surface area contributed by atoms with Crippen molar-refractivity contribution in [3.05, 3.63) is 0 Å². The summed E-state index contributed by atoms with van der Waals surface area (Å²) >= 11 is 0. The lowest BCUT2D eigenvalue weighted by Gasteiger charge is -2.22. The Morgan fingerprint density at radius 2 is 1.81 bits per heavy atom. The van der Waals surface area contributed by atoms with Crippen LogP contribution < -0.4 is 5.32 Å². The van der Waals surface area contributed by atoms with E-state index in [0.717, 1.165) is 6.42 Å². The molecule has 0 aliphatic rings. The third kappa shape index (κ3) is 6.83. The van der Waals surface area contributed by atoms with Crippen LogP contribution in [0.3, 0.4) is 0 Å². The van der Waals surface area contributed by atoms with Gasteiger partial charge in [-0.2, -0.15) is 0 Å². The predicted octanol–water partition coefficient (Wildman–Crippen LogP) is 3.04. The van der Waals surface area contributed by atoms with Gasteiger partial charge in [0.05, 0.1) is 0 Å². The number of carboxylic acids is 1. The summed E-state index contributed by atoms with van der Waals surface area (Å²) in [4.78, 5) is 11.0. The van der Waals surface area contributed by atoms with Gasteiger partial charge in [0.2, 0.25) is 0 Å². The van der Waals surface area contributed by atoms with E-state index >= 15 is 0 Å². The van der Waals surface area contributed by atoms with Gasteiger partial charge in [-0.1, -0.05) is 46.5 Å². The zero-order chi connectivity index (χ0) is 12.6. The Labute approximate surface area is 99.6 Å². The van der Waals surface area contributed by atoms with Crippen LogP contribution in [0.1, 0.15) is 59.8 Å². The maximum absolute atomic E-state index is 11.0. The van der Waals surface area contributed by atoms with Gasteiger partial charge in [0.15, 0.2) is 0 Å². The van der Waals surface area contributed by atoms with E-state index in [1.54, 1.807) is 0 Å². The molecule has 2 N–H and O–H groups in total. The molecule has 0 amide bonds. The van der Waals surface area contributed by atoms with Gasteiger partial charge in [0, 0.05) is 6.04 Å². The number of rotatable bonds is 9. The number of carbonyl (C=O) groups is 1. The summed E-state index contributed by atoms with van der Waals surface area (Å²) in [5, 5.41) is 12.2. The van der Waals surface area contributed by atoms with Gasteiger partial charge in [0.1, 0.15) is 6.04 Å². The molecule has 0 radical (unpaired) electrons. The van der Waals surface area contributed by atoms with Gasteiger partial charge >= 0.3 is 5.97 Å². The van der Waals surface area contributed by atoms with Crippen molar-refractivity contribution < 1.29 is 9.90 Å². The number of hydrogen-bond donors (Lipinski definition) is 2. The minimum Gasteiger partial charge on any atom is -0.480 e. The molecule has 0 fully saturated rings. The van der Waals surface area contributed by atoms with E-state index in [1.807, 2.05) is 13.8 Å². The standard InChI is InChI=1S/C13H27NO2/c1-5-6-7-8-9-11(4)14-12(10(2)3)13(15)16/h10-12,14H,5-9H2,1-4H3,(H,15,16). The average molecular weight is 229 g/mol. The van der Waals surface area contributed by atoms with Crippen molar-refractivity contribution in [2.24, 2.45) is 5.92 Å². The van der Waals surface area contributed by atoms with E-state index in [0.29, 0.717) is 6.04 Å². The topological polar surface area (TPSA) is 49.3 Å².